The molecule has 0 saturated heterocycles. The minimum absolute atomic E-state index is 0.484. The average Bonchev–Trinajstić information content (AvgIpc) is 2.34. The second-order valence-electron chi connectivity index (χ2n) is 2.82. The number of carbonyl (C=O) groups is 1. The van der Waals surface area contributed by atoms with Crippen LogP contribution in [0.2, 0.25) is 0 Å². The van der Waals surface area contributed by atoms with E-state index in [4.69, 9.17) is 4.74 Å². The summed E-state index contributed by atoms with van der Waals surface area (Å²) in [6.07, 6.45) is 4.44. The van der Waals surface area contributed by atoms with Gasteiger partial charge in [-0.3, -0.25) is 4.79 Å². The smallest absolute Gasteiger partial charge is 0.353 e. The second kappa shape index (κ2) is 6.67. The fourth-order valence-corrected chi connectivity index (χ4v) is 1.50. The Kier molecular flexibility index (Phi) is 5.19. The summed E-state index contributed by atoms with van der Waals surface area (Å²) in [6.45, 7) is 0. The third-order valence-electron chi connectivity index (χ3n) is 1.67. The van der Waals surface area contributed by atoms with Crippen LogP contribution in [0.3, 0.4) is 0 Å². The molecular weight excluding hydrogens is 288 g/mol. The lowest BCUT2D eigenvalue weighted by Gasteiger charge is -2.01. The standard InChI is InChI=1S/C10H10BrN4O2/c1-12-15-14-9(16)4-3-7-5-8(11)10(17-2)13-6-7/h3-6H,1-2H3/q+1/b4-3+. The summed E-state index contributed by atoms with van der Waals surface area (Å²) in [4.78, 5) is 18.4. The molecular formula is C10H10BrN4O2+. The molecule has 17 heavy (non-hydrogen) atoms. The van der Waals surface area contributed by atoms with Gasteiger partial charge in [0.1, 0.15) is 12.2 Å². The lowest BCUT2D eigenvalue weighted by Crippen LogP contribution is -1.90. The molecule has 6 nitrogen and oxygen atoms in total. The molecule has 1 aromatic heterocycles. The molecule has 7 heteroatoms. The fraction of sp³-hybridized carbons (Fsp3) is 0.200. The molecule has 0 radical (unpaired) electrons. The molecule has 1 heterocycles. The number of hydrogen-bond acceptors (Lipinski definition) is 4. The molecule has 0 unspecified atom stereocenters. The highest BCUT2D eigenvalue weighted by atomic mass is 79.9. The van der Waals surface area contributed by atoms with E-state index in [9.17, 15) is 4.79 Å². The summed E-state index contributed by atoms with van der Waals surface area (Å²) in [7, 11) is 2.96. The topological polar surface area (TPSA) is 78.0 Å². The minimum atomic E-state index is -0.484. The zero-order valence-electron chi connectivity index (χ0n) is 9.29. The first-order valence-electron chi connectivity index (χ1n) is 4.58. The van der Waals surface area contributed by atoms with Gasteiger partial charge < -0.3 is 4.74 Å². The molecule has 1 aromatic rings. The average molecular weight is 298 g/mol. The summed E-state index contributed by atoms with van der Waals surface area (Å²) in [5.74, 6) is 0.000451. The lowest BCUT2D eigenvalue weighted by atomic mass is 10.2. The highest BCUT2D eigenvalue weighted by molar-refractivity contribution is 9.10. The van der Waals surface area contributed by atoms with Crippen molar-refractivity contribution in [2.75, 3.05) is 14.2 Å². The van der Waals surface area contributed by atoms with Gasteiger partial charge in [0.05, 0.1) is 11.6 Å². The highest BCUT2D eigenvalue weighted by Gasteiger charge is 2.02. The molecule has 0 fully saturated rings. The van der Waals surface area contributed by atoms with E-state index in [1.807, 2.05) is 0 Å². The van der Waals surface area contributed by atoms with Crippen molar-refractivity contribution >= 4 is 27.9 Å². The number of ether oxygens (including phenoxy) is 1. The Morgan fingerprint density at radius 2 is 2.41 bits per heavy atom. The largest absolute Gasteiger partial charge is 0.480 e. The van der Waals surface area contributed by atoms with Crippen molar-refractivity contribution in [1.82, 2.24) is 9.90 Å². The number of carbonyl (C=O) groups excluding carboxylic acids is 1. The maximum Gasteiger partial charge on any atom is 0.353 e. The van der Waals surface area contributed by atoms with Crippen molar-refractivity contribution in [2.45, 2.75) is 0 Å². The third kappa shape index (κ3) is 4.26. The van der Waals surface area contributed by atoms with Crippen LogP contribution in [-0.4, -0.2) is 25.0 Å². The third-order valence-corrected chi connectivity index (χ3v) is 2.24. The fourth-order valence-electron chi connectivity index (χ4n) is 0.971. The molecule has 0 bridgehead atoms. The van der Waals surface area contributed by atoms with Gasteiger partial charge in [-0.2, -0.15) is 0 Å². The SMILES string of the molecule is CN=[N+]=NC(=O)/C=C/c1cnc(OC)c(Br)c1. The van der Waals surface area contributed by atoms with Crippen LogP contribution in [0.1, 0.15) is 5.56 Å². The number of amides is 1. The van der Waals surface area contributed by atoms with Crippen LogP contribution in [0.4, 0.5) is 0 Å². The Balaban J connectivity index is 2.82. The molecule has 0 aliphatic heterocycles. The summed E-state index contributed by atoms with van der Waals surface area (Å²) in [5, 5.41) is 6.62. The second-order valence-corrected chi connectivity index (χ2v) is 3.68. The van der Waals surface area contributed by atoms with Gasteiger partial charge in [0.2, 0.25) is 15.9 Å². The number of rotatable bonds is 3. The molecule has 88 valence electrons. The monoisotopic (exact) mass is 297 g/mol. The van der Waals surface area contributed by atoms with Gasteiger partial charge in [0.25, 0.3) is 0 Å². The van der Waals surface area contributed by atoms with Crippen molar-refractivity contribution in [3.8, 4) is 5.88 Å². The molecule has 0 saturated carbocycles. The Labute approximate surface area is 106 Å². The number of nitrogens with zero attached hydrogens (tertiary/aromatic N) is 4. The Morgan fingerprint density at radius 3 is 3.00 bits per heavy atom. The number of hydrogen-bond donors (Lipinski definition) is 0. The van der Waals surface area contributed by atoms with E-state index >= 15 is 0 Å². The van der Waals surface area contributed by atoms with Gasteiger partial charge in [-0.25, -0.2) is 4.98 Å². The highest BCUT2D eigenvalue weighted by Crippen LogP contribution is 2.22. The maximum atomic E-state index is 11.1. The van der Waals surface area contributed by atoms with Crippen LogP contribution in [0, 0.1) is 0 Å². The lowest BCUT2D eigenvalue weighted by molar-refractivity contribution is -0.113. The Hall–Kier alpha value is -1.85. The summed E-state index contributed by atoms with van der Waals surface area (Å²) in [5.41, 5.74) is 0.745. The molecule has 1 rings (SSSR count). The van der Waals surface area contributed by atoms with E-state index in [1.54, 1.807) is 18.3 Å². The van der Waals surface area contributed by atoms with Gasteiger partial charge in [-0.1, -0.05) is 0 Å². The summed E-state index contributed by atoms with van der Waals surface area (Å²) in [6, 6.07) is 1.77. The summed E-state index contributed by atoms with van der Waals surface area (Å²) < 4.78 is 5.69. The van der Waals surface area contributed by atoms with Crippen molar-refractivity contribution in [3.05, 3.63) is 28.4 Å². The molecule has 0 atom stereocenters. The predicted octanol–water partition coefficient (Wildman–Crippen LogP) is 1.99. The van der Waals surface area contributed by atoms with Crippen molar-refractivity contribution < 1.29 is 9.53 Å². The minimum Gasteiger partial charge on any atom is -0.480 e. The van der Waals surface area contributed by atoms with Crippen molar-refractivity contribution in [1.29, 1.82) is 0 Å². The zero-order valence-corrected chi connectivity index (χ0v) is 10.9. The number of methoxy groups -OCH3 is 1. The van der Waals surface area contributed by atoms with Crippen LogP contribution in [0.25, 0.3) is 6.08 Å². The first-order chi connectivity index (χ1) is 8.17. The molecule has 0 aromatic carbocycles. The Bertz CT molecular complexity index is 507. The number of pyridine rings is 1. The quantitative estimate of drug-likeness (QED) is 0.486. The van der Waals surface area contributed by atoms with Crippen LogP contribution in [0.5, 0.6) is 5.88 Å². The molecule has 0 spiro atoms. The van der Waals surface area contributed by atoms with E-state index < -0.39 is 5.91 Å². The first kappa shape index (κ1) is 13.2. The van der Waals surface area contributed by atoms with Gasteiger partial charge in [-0.05, 0) is 33.6 Å². The number of halogens is 1. The van der Waals surface area contributed by atoms with Crippen LogP contribution >= 0.6 is 15.9 Å². The number of aromatic nitrogens is 1. The zero-order chi connectivity index (χ0) is 12.7. The van der Waals surface area contributed by atoms with Crippen molar-refractivity contribution in [2.24, 2.45) is 10.2 Å². The molecule has 1 amide bonds. The van der Waals surface area contributed by atoms with Crippen LogP contribution in [0.15, 0.2) is 33.0 Å². The predicted molar refractivity (Wildman–Crippen MR) is 65.4 cm³/mol. The van der Waals surface area contributed by atoms with E-state index in [-0.39, 0.29) is 0 Å². The molecule has 0 aliphatic rings. The van der Waals surface area contributed by atoms with Crippen LogP contribution < -0.4 is 9.65 Å². The molecule has 0 aliphatic carbocycles. The first-order valence-corrected chi connectivity index (χ1v) is 5.38. The Morgan fingerprint density at radius 1 is 1.65 bits per heavy atom. The van der Waals surface area contributed by atoms with Crippen LogP contribution in [-0.2, 0) is 4.79 Å². The van der Waals surface area contributed by atoms with E-state index in [1.165, 1.54) is 20.2 Å². The molecule has 0 N–H and O–H groups in total. The normalized spacial score (nSPS) is 9.82. The van der Waals surface area contributed by atoms with Gasteiger partial charge in [0, 0.05) is 12.3 Å². The van der Waals surface area contributed by atoms with Crippen molar-refractivity contribution in [3.63, 3.8) is 0 Å². The van der Waals surface area contributed by atoms with E-state index in [0.717, 1.165) is 5.56 Å². The van der Waals surface area contributed by atoms with E-state index in [2.05, 4.69) is 36.1 Å². The summed E-state index contributed by atoms with van der Waals surface area (Å²) >= 11 is 3.29. The van der Waals surface area contributed by atoms with Gasteiger partial charge in [-0.15, -0.1) is 0 Å². The maximum absolute atomic E-state index is 11.1. The van der Waals surface area contributed by atoms with Gasteiger partial charge in [0.15, 0.2) is 0 Å². The van der Waals surface area contributed by atoms with Gasteiger partial charge >= 0.3 is 5.91 Å². The van der Waals surface area contributed by atoms with E-state index in [0.29, 0.717) is 10.4 Å².